The lowest BCUT2D eigenvalue weighted by atomic mass is 10.0. The summed E-state index contributed by atoms with van der Waals surface area (Å²) >= 11 is 0. The summed E-state index contributed by atoms with van der Waals surface area (Å²) in [7, 11) is 0. The fourth-order valence-electron chi connectivity index (χ4n) is 11.7. The van der Waals surface area contributed by atoms with Crippen LogP contribution in [0.25, 0.3) is 0 Å². The topological polar surface area (TPSA) is 69.6 Å². The van der Waals surface area contributed by atoms with Gasteiger partial charge in [-0.05, 0) is 64.2 Å². The zero-order chi connectivity index (χ0) is 59.1. The predicted octanol–water partition coefficient (Wildman–Crippen LogP) is 25.6. The van der Waals surface area contributed by atoms with Crippen molar-refractivity contribution in [1.82, 2.24) is 5.32 Å². The van der Waals surface area contributed by atoms with Crippen molar-refractivity contribution in [3.63, 3.8) is 0 Å². The monoisotopic (exact) mass is 1140 g/mol. The van der Waals surface area contributed by atoms with Gasteiger partial charge in [0.2, 0.25) is 5.91 Å². The van der Waals surface area contributed by atoms with Crippen LogP contribution in [-0.2, 0) is 4.79 Å². The molecule has 1 amide bonds. The van der Waals surface area contributed by atoms with Gasteiger partial charge in [0.05, 0.1) is 18.8 Å². The zero-order valence-corrected chi connectivity index (χ0v) is 55.5. The summed E-state index contributed by atoms with van der Waals surface area (Å²) in [5.41, 5.74) is 0. The van der Waals surface area contributed by atoms with Gasteiger partial charge >= 0.3 is 0 Å². The molecule has 3 N–H and O–H groups in total. The molecule has 0 aliphatic carbocycles. The number of carbonyl (C=O) groups excluding carboxylic acids is 1. The fraction of sp³-hybridized carbons (Fsp3) is 0.833. The van der Waals surface area contributed by atoms with Gasteiger partial charge in [-0.15, -0.1) is 0 Å². The molecule has 0 saturated carbocycles. The molecule has 2 atom stereocenters. The molecule has 82 heavy (non-hydrogen) atoms. The molecular formula is C78H145NO3. The standard InChI is InChI=1S/C78H145NO3/c1-3-5-7-9-11-13-15-17-19-21-23-25-27-29-31-33-35-36-37-38-39-40-41-42-44-46-48-50-52-54-56-58-60-62-64-66-68-70-72-74-78(82)79-76(75-80)77(81)73-71-69-67-65-63-61-59-57-55-53-51-49-47-45-43-34-32-30-28-26-24-22-20-18-16-14-12-10-8-6-4-2/h5,7,11,13,17,19,23,25,29,31,35-36,76-77,80-81H,3-4,6,8-10,12,14-16,18,20-22,24,26-28,30,32-34,37-75H2,1-2H3,(H,79,82)/b7-5-,13-11-,19-17-,25-23-,31-29-,36-35-. The molecule has 0 heterocycles. The van der Waals surface area contributed by atoms with Gasteiger partial charge in [-0.1, -0.05) is 401 Å². The second-order valence-corrected chi connectivity index (χ2v) is 25.3. The first kappa shape index (κ1) is 79.8. The average Bonchev–Trinajstić information content (AvgIpc) is 3.50. The summed E-state index contributed by atoms with van der Waals surface area (Å²) in [5.74, 6) is -0.0244. The smallest absolute Gasteiger partial charge is 0.220 e. The Morgan fingerprint density at radius 3 is 0.805 bits per heavy atom. The molecule has 0 spiro atoms. The van der Waals surface area contributed by atoms with Crippen LogP contribution in [0.1, 0.15) is 399 Å². The van der Waals surface area contributed by atoms with Crippen LogP contribution in [0.3, 0.4) is 0 Å². The van der Waals surface area contributed by atoms with Crippen molar-refractivity contribution in [2.75, 3.05) is 6.61 Å². The molecule has 0 aliphatic heterocycles. The number of allylic oxidation sites excluding steroid dienone is 12. The van der Waals surface area contributed by atoms with E-state index in [1.165, 1.54) is 308 Å². The highest BCUT2D eigenvalue weighted by Gasteiger charge is 2.20. The second-order valence-electron chi connectivity index (χ2n) is 25.3. The van der Waals surface area contributed by atoms with E-state index >= 15 is 0 Å². The maximum atomic E-state index is 12.6. The highest BCUT2D eigenvalue weighted by atomic mass is 16.3. The van der Waals surface area contributed by atoms with Crippen LogP contribution in [0.15, 0.2) is 72.9 Å². The number of amides is 1. The molecule has 4 heteroatoms. The third kappa shape index (κ3) is 68.6. The summed E-state index contributed by atoms with van der Waals surface area (Å²) < 4.78 is 0. The molecule has 0 aromatic rings. The van der Waals surface area contributed by atoms with Crippen LogP contribution in [0, 0.1) is 0 Å². The van der Waals surface area contributed by atoms with E-state index in [4.69, 9.17) is 0 Å². The van der Waals surface area contributed by atoms with E-state index in [2.05, 4.69) is 92.1 Å². The average molecular weight is 1150 g/mol. The van der Waals surface area contributed by atoms with Crippen molar-refractivity contribution in [2.45, 2.75) is 411 Å². The van der Waals surface area contributed by atoms with Crippen LogP contribution in [0.4, 0.5) is 0 Å². The summed E-state index contributed by atoms with van der Waals surface area (Å²) in [5, 5.41) is 23.5. The number of rotatable bonds is 69. The highest BCUT2D eigenvalue weighted by molar-refractivity contribution is 5.76. The highest BCUT2D eigenvalue weighted by Crippen LogP contribution is 2.20. The van der Waals surface area contributed by atoms with Crippen LogP contribution in [0.2, 0.25) is 0 Å². The van der Waals surface area contributed by atoms with Gasteiger partial charge < -0.3 is 15.5 Å². The van der Waals surface area contributed by atoms with Crippen molar-refractivity contribution >= 4 is 5.91 Å². The Labute approximate surface area is 514 Å². The van der Waals surface area contributed by atoms with E-state index in [9.17, 15) is 15.0 Å². The summed E-state index contributed by atoms with van der Waals surface area (Å²) in [6.07, 6.45) is 106. The van der Waals surface area contributed by atoms with Crippen LogP contribution in [-0.4, -0.2) is 34.9 Å². The molecular weight excluding hydrogens is 999 g/mol. The van der Waals surface area contributed by atoms with Crippen molar-refractivity contribution in [3.05, 3.63) is 72.9 Å². The van der Waals surface area contributed by atoms with Crippen molar-refractivity contribution in [1.29, 1.82) is 0 Å². The third-order valence-corrected chi connectivity index (χ3v) is 17.2. The number of hydrogen-bond donors (Lipinski definition) is 3. The number of carbonyl (C=O) groups is 1. The molecule has 0 aromatic carbocycles. The molecule has 0 radical (unpaired) electrons. The fourth-order valence-corrected chi connectivity index (χ4v) is 11.7. The van der Waals surface area contributed by atoms with E-state index in [1.54, 1.807) is 0 Å². The number of unbranched alkanes of at least 4 members (excludes halogenated alkanes) is 50. The van der Waals surface area contributed by atoms with Crippen LogP contribution >= 0.6 is 0 Å². The SMILES string of the molecule is CC/C=C\C/C=C\C/C=C\C/C=C\C/C=C\C/C=C\CCCCCCCCCCCCCCCCCCCCCCC(=O)NC(CO)C(O)CCCCCCCCCCCCCCCCCCCCCCCCCCCCCCCCC. The largest absolute Gasteiger partial charge is 0.394 e. The first-order valence-electron chi connectivity index (χ1n) is 37.1. The Kier molecular flexibility index (Phi) is 71.2. The predicted molar refractivity (Wildman–Crippen MR) is 368 cm³/mol. The van der Waals surface area contributed by atoms with Gasteiger partial charge in [-0.25, -0.2) is 0 Å². The molecule has 4 nitrogen and oxygen atoms in total. The molecule has 480 valence electrons. The second kappa shape index (κ2) is 73.1. The Balaban J connectivity index is 3.40. The third-order valence-electron chi connectivity index (χ3n) is 17.2. The van der Waals surface area contributed by atoms with Crippen LogP contribution in [0.5, 0.6) is 0 Å². The Bertz CT molecular complexity index is 1390. The van der Waals surface area contributed by atoms with Gasteiger partial charge in [0, 0.05) is 6.42 Å². The lowest BCUT2D eigenvalue weighted by molar-refractivity contribution is -0.123. The molecule has 0 aliphatic rings. The van der Waals surface area contributed by atoms with E-state index in [0.29, 0.717) is 12.8 Å². The normalized spacial score (nSPS) is 13.1. The van der Waals surface area contributed by atoms with Crippen molar-refractivity contribution < 1.29 is 15.0 Å². The molecule has 0 rings (SSSR count). The van der Waals surface area contributed by atoms with Crippen LogP contribution < -0.4 is 5.32 Å². The van der Waals surface area contributed by atoms with E-state index < -0.39 is 12.1 Å². The van der Waals surface area contributed by atoms with E-state index in [1.807, 2.05) is 0 Å². The number of nitrogens with one attached hydrogen (secondary N) is 1. The molecule has 0 fully saturated rings. The molecule has 2 unspecified atom stereocenters. The van der Waals surface area contributed by atoms with Crippen molar-refractivity contribution in [2.24, 2.45) is 0 Å². The first-order valence-corrected chi connectivity index (χ1v) is 37.1. The van der Waals surface area contributed by atoms with Gasteiger partial charge in [0.25, 0.3) is 0 Å². The van der Waals surface area contributed by atoms with Gasteiger partial charge in [0.15, 0.2) is 0 Å². The van der Waals surface area contributed by atoms with Gasteiger partial charge in [-0.2, -0.15) is 0 Å². The Morgan fingerprint density at radius 2 is 0.537 bits per heavy atom. The Morgan fingerprint density at radius 1 is 0.305 bits per heavy atom. The number of aliphatic hydroxyl groups is 2. The molecule has 0 bridgehead atoms. The first-order chi connectivity index (χ1) is 40.7. The summed E-state index contributed by atoms with van der Waals surface area (Å²) in [6.45, 7) is 4.29. The van der Waals surface area contributed by atoms with Crippen molar-refractivity contribution in [3.8, 4) is 0 Å². The minimum absolute atomic E-state index is 0.0244. The zero-order valence-electron chi connectivity index (χ0n) is 55.5. The summed E-state index contributed by atoms with van der Waals surface area (Å²) in [4.78, 5) is 12.6. The minimum Gasteiger partial charge on any atom is -0.394 e. The van der Waals surface area contributed by atoms with E-state index in [0.717, 1.165) is 64.2 Å². The maximum absolute atomic E-state index is 12.6. The molecule has 0 aromatic heterocycles. The quantitative estimate of drug-likeness (QED) is 0.0420. The number of hydrogen-bond acceptors (Lipinski definition) is 3. The minimum atomic E-state index is -0.662. The Hall–Kier alpha value is -2.17. The number of aliphatic hydroxyl groups excluding tert-OH is 2. The van der Waals surface area contributed by atoms with Gasteiger partial charge in [0.1, 0.15) is 0 Å². The van der Waals surface area contributed by atoms with Gasteiger partial charge in [-0.3, -0.25) is 4.79 Å². The van der Waals surface area contributed by atoms with E-state index in [-0.39, 0.29) is 12.5 Å². The summed E-state index contributed by atoms with van der Waals surface area (Å²) in [6, 6.07) is -0.539. The lowest BCUT2D eigenvalue weighted by Crippen LogP contribution is -2.45. The molecule has 0 saturated heterocycles. The maximum Gasteiger partial charge on any atom is 0.220 e. The lowest BCUT2D eigenvalue weighted by Gasteiger charge is -2.22.